The van der Waals surface area contributed by atoms with Crippen LogP contribution in [-0.4, -0.2) is 10.5 Å². The van der Waals surface area contributed by atoms with Gasteiger partial charge in [-0.15, -0.1) is 0 Å². The van der Waals surface area contributed by atoms with E-state index < -0.39 is 0 Å². The largest absolute Gasteiger partial charge is 0.382 e. The number of hydrogen-bond donors (Lipinski definition) is 1. The van der Waals surface area contributed by atoms with Crippen molar-refractivity contribution in [3.05, 3.63) is 16.8 Å². The first-order valence-corrected chi connectivity index (χ1v) is 4.48. The minimum atomic E-state index is -0.292. The molecule has 0 amide bonds. The van der Waals surface area contributed by atoms with Crippen molar-refractivity contribution in [3.8, 4) is 0 Å². The first-order valence-electron chi connectivity index (χ1n) is 2.66. The van der Waals surface area contributed by atoms with Crippen LogP contribution in [0.3, 0.4) is 0 Å². The number of rotatable bonds is 2. The van der Waals surface area contributed by atoms with Crippen LogP contribution in [-0.2, 0) is 0 Å². The summed E-state index contributed by atoms with van der Waals surface area (Å²) >= 11 is 3.12. The molecule has 1 rings (SSSR count). The monoisotopic (exact) mass is 160 g/mol. The third-order valence-corrected chi connectivity index (χ3v) is 2.50. The molecule has 1 aromatic rings. The van der Waals surface area contributed by atoms with E-state index in [4.69, 9.17) is 5.11 Å². The quantitative estimate of drug-likeness (QED) is 0.528. The Labute approximate surface area is 62.7 Å². The van der Waals surface area contributed by atoms with Crippen molar-refractivity contribution in [1.29, 1.82) is 0 Å². The van der Waals surface area contributed by atoms with E-state index >= 15 is 0 Å². The molecule has 1 atom stereocenters. The van der Waals surface area contributed by atoms with E-state index in [-0.39, 0.29) is 5.44 Å². The molecule has 1 unspecified atom stereocenters. The maximum Gasteiger partial charge on any atom is 0.101 e. The lowest BCUT2D eigenvalue weighted by atomic mass is 10.7. The molecule has 0 radical (unpaired) electrons. The van der Waals surface area contributed by atoms with Crippen molar-refractivity contribution in [1.82, 2.24) is 0 Å². The molecule has 0 saturated carbocycles. The Bertz CT molecular complexity index is 158. The second-order valence-corrected chi connectivity index (χ2v) is 3.85. The average molecular weight is 160 g/mol. The van der Waals surface area contributed by atoms with Crippen molar-refractivity contribution >= 4 is 23.1 Å². The molecular formula is C6H8OS2. The summed E-state index contributed by atoms with van der Waals surface area (Å²) in [6.45, 7) is 1.77. The highest BCUT2D eigenvalue weighted by Gasteiger charge is 1.97. The van der Waals surface area contributed by atoms with E-state index in [1.54, 1.807) is 18.3 Å². The van der Waals surface area contributed by atoms with Gasteiger partial charge in [-0.25, -0.2) is 0 Å². The van der Waals surface area contributed by atoms with Crippen molar-refractivity contribution in [3.63, 3.8) is 0 Å². The standard InChI is InChI=1S/C6H8OS2/c1-5(7)9-6-2-3-8-4-6/h2-5,7H,1H3. The summed E-state index contributed by atoms with van der Waals surface area (Å²) in [5.74, 6) is 0. The molecule has 0 saturated heterocycles. The molecule has 0 bridgehead atoms. The van der Waals surface area contributed by atoms with Crippen LogP contribution in [0.2, 0.25) is 0 Å². The van der Waals surface area contributed by atoms with Gasteiger partial charge in [0, 0.05) is 10.3 Å². The zero-order valence-electron chi connectivity index (χ0n) is 5.07. The summed E-state index contributed by atoms with van der Waals surface area (Å²) in [7, 11) is 0. The van der Waals surface area contributed by atoms with Gasteiger partial charge in [-0.3, -0.25) is 0 Å². The fourth-order valence-corrected chi connectivity index (χ4v) is 2.05. The summed E-state index contributed by atoms with van der Waals surface area (Å²) in [6, 6.07) is 2.00. The predicted octanol–water partition coefficient (Wildman–Crippen LogP) is 2.18. The molecular weight excluding hydrogens is 152 g/mol. The number of thiophene rings is 1. The summed E-state index contributed by atoms with van der Waals surface area (Å²) in [6.07, 6.45) is 0. The molecule has 0 aliphatic rings. The average Bonchev–Trinajstić information content (AvgIpc) is 2.15. The van der Waals surface area contributed by atoms with Gasteiger partial charge in [-0.2, -0.15) is 11.3 Å². The predicted molar refractivity (Wildman–Crippen MR) is 41.9 cm³/mol. The Morgan fingerprint density at radius 2 is 2.56 bits per heavy atom. The lowest BCUT2D eigenvalue weighted by molar-refractivity contribution is 0.284. The van der Waals surface area contributed by atoms with Crippen molar-refractivity contribution in [2.75, 3.05) is 0 Å². The van der Waals surface area contributed by atoms with Gasteiger partial charge >= 0.3 is 0 Å². The fourth-order valence-electron chi connectivity index (χ4n) is 0.516. The van der Waals surface area contributed by atoms with Gasteiger partial charge < -0.3 is 5.11 Å². The molecule has 1 aromatic heterocycles. The fraction of sp³-hybridized carbons (Fsp3) is 0.333. The van der Waals surface area contributed by atoms with Gasteiger partial charge in [0.15, 0.2) is 0 Å². The first kappa shape index (κ1) is 7.12. The third kappa shape index (κ3) is 2.39. The normalized spacial score (nSPS) is 13.6. The van der Waals surface area contributed by atoms with Gasteiger partial charge in [0.05, 0.1) is 0 Å². The number of hydrogen-bond acceptors (Lipinski definition) is 3. The lowest BCUT2D eigenvalue weighted by Crippen LogP contribution is -1.88. The third-order valence-electron chi connectivity index (χ3n) is 0.802. The van der Waals surface area contributed by atoms with E-state index in [2.05, 4.69) is 0 Å². The maximum absolute atomic E-state index is 8.89. The van der Waals surface area contributed by atoms with E-state index in [9.17, 15) is 0 Å². The molecule has 3 heteroatoms. The zero-order valence-corrected chi connectivity index (χ0v) is 6.71. The first-order chi connectivity index (χ1) is 4.29. The lowest BCUT2D eigenvalue weighted by Gasteiger charge is -1.98. The van der Waals surface area contributed by atoms with Crippen LogP contribution in [0, 0.1) is 0 Å². The molecule has 0 aliphatic carbocycles. The van der Waals surface area contributed by atoms with E-state index in [1.165, 1.54) is 11.8 Å². The summed E-state index contributed by atoms with van der Waals surface area (Å²) < 4.78 is 0. The van der Waals surface area contributed by atoms with Crippen molar-refractivity contribution < 1.29 is 5.11 Å². The van der Waals surface area contributed by atoms with Crippen LogP contribution in [0.5, 0.6) is 0 Å². The van der Waals surface area contributed by atoms with Gasteiger partial charge in [0.2, 0.25) is 0 Å². The molecule has 1 nitrogen and oxygen atoms in total. The van der Waals surface area contributed by atoms with Crippen LogP contribution < -0.4 is 0 Å². The van der Waals surface area contributed by atoms with E-state index in [0.29, 0.717) is 0 Å². The number of thioether (sulfide) groups is 1. The van der Waals surface area contributed by atoms with E-state index in [0.717, 1.165) is 4.90 Å². The zero-order chi connectivity index (χ0) is 6.69. The highest BCUT2D eigenvalue weighted by atomic mass is 32.2. The Kier molecular flexibility index (Phi) is 2.57. The molecule has 0 aromatic carbocycles. The van der Waals surface area contributed by atoms with E-state index in [1.807, 2.05) is 16.8 Å². The highest BCUT2D eigenvalue weighted by molar-refractivity contribution is 7.99. The summed E-state index contributed by atoms with van der Waals surface area (Å²) in [5, 5.41) is 12.9. The smallest absolute Gasteiger partial charge is 0.101 e. The van der Waals surface area contributed by atoms with Gasteiger partial charge in [-0.05, 0) is 18.4 Å². The van der Waals surface area contributed by atoms with Crippen LogP contribution >= 0.6 is 23.1 Å². The van der Waals surface area contributed by atoms with Gasteiger partial charge in [0.1, 0.15) is 5.44 Å². The Morgan fingerprint density at radius 1 is 1.78 bits per heavy atom. The minimum absolute atomic E-state index is 0.292. The van der Waals surface area contributed by atoms with Gasteiger partial charge in [-0.1, -0.05) is 11.8 Å². The van der Waals surface area contributed by atoms with Crippen molar-refractivity contribution in [2.24, 2.45) is 0 Å². The Hall–Kier alpha value is 0.01000. The van der Waals surface area contributed by atoms with Crippen LogP contribution in [0.15, 0.2) is 21.7 Å². The minimum Gasteiger partial charge on any atom is -0.382 e. The van der Waals surface area contributed by atoms with Crippen LogP contribution in [0.1, 0.15) is 6.92 Å². The Morgan fingerprint density at radius 3 is 3.00 bits per heavy atom. The van der Waals surface area contributed by atoms with Crippen LogP contribution in [0.25, 0.3) is 0 Å². The second kappa shape index (κ2) is 3.25. The molecule has 1 heterocycles. The number of aliphatic hydroxyl groups is 1. The maximum atomic E-state index is 8.89. The molecule has 9 heavy (non-hydrogen) atoms. The topological polar surface area (TPSA) is 20.2 Å². The summed E-state index contributed by atoms with van der Waals surface area (Å²) in [4.78, 5) is 1.15. The number of aliphatic hydroxyl groups excluding tert-OH is 1. The highest BCUT2D eigenvalue weighted by Crippen LogP contribution is 2.23. The Balaban J connectivity index is 2.48. The molecule has 0 fully saturated rings. The molecule has 0 aliphatic heterocycles. The SMILES string of the molecule is CC(O)Sc1ccsc1. The van der Waals surface area contributed by atoms with Crippen LogP contribution in [0.4, 0.5) is 0 Å². The molecule has 50 valence electrons. The molecule has 1 N–H and O–H groups in total. The second-order valence-electron chi connectivity index (χ2n) is 1.68. The van der Waals surface area contributed by atoms with Gasteiger partial charge in [0.25, 0.3) is 0 Å². The van der Waals surface area contributed by atoms with Crippen molar-refractivity contribution in [2.45, 2.75) is 17.3 Å². The molecule has 0 spiro atoms. The summed E-state index contributed by atoms with van der Waals surface area (Å²) in [5.41, 5.74) is -0.292.